The van der Waals surface area contributed by atoms with Crippen molar-refractivity contribution in [2.45, 2.75) is 19.5 Å². The lowest BCUT2D eigenvalue weighted by molar-refractivity contribution is 0.218. The van der Waals surface area contributed by atoms with Gasteiger partial charge in [0.25, 0.3) is 0 Å². The minimum absolute atomic E-state index is 0.0216. The maximum absolute atomic E-state index is 6.02. The second kappa shape index (κ2) is 7.68. The van der Waals surface area contributed by atoms with E-state index < -0.39 is 0 Å². The highest BCUT2D eigenvalue weighted by atomic mass is 35.5. The average molecular weight is 358 g/mol. The number of nitrogens with zero attached hydrogens (tertiary/aromatic N) is 3. The van der Waals surface area contributed by atoms with E-state index in [2.05, 4.69) is 21.2 Å². The molecule has 0 spiro atoms. The molecule has 0 aliphatic carbocycles. The topological polar surface area (TPSA) is 51.4 Å². The third kappa shape index (κ3) is 4.18. The first kappa shape index (κ1) is 17.5. The number of aromatic nitrogens is 2. The van der Waals surface area contributed by atoms with Crippen LogP contribution in [0.2, 0.25) is 5.02 Å². The van der Waals surface area contributed by atoms with Gasteiger partial charge in [0.1, 0.15) is 5.75 Å². The summed E-state index contributed by atoms with van der Waals surface area (Å²) in [7, 11) is 3.69. The Morgan fingerprint density at radius 2 is 1.96 bits per heavy atom. The van der Waals surface area contributed by atoms with Gasteiger partial charge in [0, 0.05) is 17.1 Å². The summed E-state index contributed by atoms with van der Waals surface area (Å²) >= 11 is 6.02. The summed E-state index contributed by atoms with van der Waals surface area (Å²) in [5.41, 5.74) is 1.97. The van der Waals surface area contributed by atoms with Crippen molar-refractivity contribution in [3.05, 3.63) is 65.0 Å². The van der Waals surface area contributed by atoms with Crippen LogP contribution in [0.15, 0.2) is 52.9 Å². The van der Waals surface area contributed by atoms with Crippen LogP contribution in [0.25, 0.3) is 11.5 Å². The normalized spacial score (nSPS) is 12.4. The number of methoxy groups -OCH3 is 1. The molecule has 0 saturated carbocycles. The van der Waals surface area contributed by atoms with E-state index in [4.69, 9.17) is 20.8 Å². The lowest BCUT2D eigenvalue weighted by Gasteiger charge is -2.21. The summed E-state index contributed by atoms with van der Waals surface area (Å²) in [4.78, 5) is 2.14. The molecule has 130 valence electrons. The van der Waals surface area contributed by atoms with Crippen molar-refractivity contribution < 1.29 is 9.15 Å². The standard InChI is InChI=1S/C19H20ClN3O2/c1-13(23(2)12-14-6-4-9-17(10-14)24-3)18-21-22-19(25-18)15-7-5-8-16(20)11-15/h4-11,13H,12H2,1-3H3/t13-/m0/s1. The highest BCUT2D eigenvalue weighted by Gasteiger charge is 2.19. The number of hydrogen-bond acceptors (Lipinski definition) is 5. The maximum Gasteiger partial charge on any atom is 0.247 e. The van der Waals surface area contributed by atoms with E-state index in [1.54, 1.807) is 7.11 Å². The first-order valence-electron chi connectivity index (χ1n) is 7.99. The Hall–Kier alpha value is -2.37. The van der Waals surface area contributed by atoms with Gasteiger partial charge < -0.3 is 9.15 Å². The number of rotatable bonds is 6. The molecule has 0 bridgehead atoms. The molecule has 0 aliphatic rings. The van der Waals surface area contributed by atoms with Crippen LogP contribution in [-0.4, -0.2) is 29.3 Å². The van der Waals surface area contributed by atoms with Crippen LogP contribution >= 0.6 is 11.6 Å². The molecule has 0 aliphatic heterocycles. The van der Waals surface area contributed by atoms with Crippen LogP contribution in [0.3, 0.4) is 0 Å². The SMILES string of the molecule is COc1cccc(CN(C)[C@@H](C)c2nnc(-c3cccc(Cl)c3)o2)c1. The van der Waals surface area contributed by atoms with Crippen LogP contribution < -0.4 is 4.74 Å². The molecule has 3 rings (SSSR count). The Labute approximate surface area is 152 Å². The van der Waals surface area contributed by atoms with Crippen LogP contribution in [0.1, 0.15) is 24.4 Å². The van der Waals surface area contributed by atoms with Crippen LogP contribution in [0, 0.1) is 0 Å². The van der Waals surface area contributed by atoms with Gasteiger partial charge in [-0.2, -0.15) is 0 Å². The molecule has 1 aromatic heterocycles. The first-order valence-corrected chi connectivity index (χ1v) is 8.37. The van der Waals surface area contributed by atoms with Gasteiger partial charge in [-0.15, -0.1) is 10.2 Å². The minimum atomic E-state index is -0.0216. The number of ether oxygens (including phenoxy) is 1. The summed E-state index contributed by atoms with van der Waals surface area (Å²) in [5, 5.41) is 8.98. The largest absolute Gasteiger partial charge is 0.497 e. The third-order valence-corrected chi connectivity index (χ3v) is 4.33. The van der Waals surface area contributed by atoms with Gasteiger partial charge in [0.2, 0.25) is 11.8 Å². The highest BCUT2D eigenvalue weighted by molar-refractivity contribution is 6.30. The molecule has 1 atom stereocenters. The van der Waals surface area contributed by atoms with Crippen molar-refractivity contribution >= 4 is 11.6 Å². The van der Waals surface area contributed by atoms with Crippen molar-refractivity contribution in [1.82, 2.24) is 15.1 Å². The summed E-state index contributed by atoms with van der Waals surface area (Å²) in [6, 6.07) is 15.4. The molecular formula is C19H20ClN3O2. The van der Waals surface area contributed by atoms with Crippen LogP contribution in [0.5, 0.6) is 5.75 Å². The van der Waals surface area contributed by atoms with Crippen molar-refractivity contribution in [1.29, 1.82) is 0 Å². The van der Waals surface area contributed by atoms with Gasteiger partial charge in [-0.25, -0.2) is 0 Å². The molecule has 0 radical (unpaired) electrons. The summed E-state index contributed by atoms with van der Waals surface area (Å²) in [6.45, 7) is 2.78. The Morgan fingerprint density at radius 3 is 2.72 bits per heavy atom. The Kier molecular flexibility index (Phi) is 5.36. The molecule has 0 saturated heterocycles. The molecular weight excluding hydrogens is 338 g/mol. The van der Waals surface area contributed by atoms with E-state index in [-0.39, 0.29) is 6.04 Å². The number of halogens is 1. The Balaban J connectivity index is 1.73. The smallest absolute Gasteiger partial charge is 0.247 e. The zero-order valence-electron chi connectivity index (χ0n) is 14.4. The van der Waals surface area contributed by atoms with Gasteiger partial charge in [0.15, 0.2) is 0 Å². The van der Waals surface area contributed by atoms with E-state index in [0.29, 0.717) is 16.8 Å². The lowest BCUT2D eigenvalue weighted by atomic mass is 10.2. The van der Waals surface area contributed by atoms with E-state index in [0.717, 1.165) is 23.4 Å². The van der Waals surface area contributed by atoms with Gasteiger partial charge in [-0.05, 0) is 49.9 Å². The molecule has 0 fully saturated rings. The summed E-state index contributed by atoms with van der Waals surface area (Å²) < 4.78 is 11.1. The van der Waals surface area contributed by atoms with Crippen molar-refractivity contribution in [3.8, 4) is 17.2 Å². The highest BCUT2D eigenvalue weighted by Crippen LogP contribution is 2.26. The first-order chi connectivity index (χ1) is 12.1. The van der Waals surface area contributed by atoms with E-state index in [1.807, 2.05) is 56.4 Å². The Bertz CT molecular complexity index is 850. The fourth-order valence-electron chi connectivity index (χ4n) is 2.53. The number of benzene rings is 2. The molecule has 0 unspecified atom stereocenters. The van der Waals surface area contributed by atoms with E-state index >= 15 is 0 Å². The van der Waals surface area contributed by atoms with Gasteiger partial charge in [0.05, 0.1) is 13.2 Å². The van der Waals surface area contributed by atoms with E-state index in [9.17, 15) is 0 Å². The van der Waals surface area contributed by atoms with Crippen molar-refractivity contribution in [3.63, 3.8) is 0 Å². The van der Waals surface area contributed by atoms with Gasteiger partial charge in [-0.3, -0.25) is 4.90 Å². The van der Waals surface area contributed by atoms with Crippen LogP contribution in [-0.2, 0) is 6.54 Å². The summed E-state index contributed by atoms with van der Waals surface area (Å²) in [6.07, 6.45) is 0. The second-order valence-corrected chi connectivity index (χ2v) is 6.33. The third-order valence-electron chi connectivity index (χ3n) is 4.10. The Morgan fingerprint density at radius 1 is 1.16 bits per heavy atom. The van der Waals surface area contributed by atoms with Crippen molar-refractivity contribution in [2.24, 2.45) is 0 Å². The maximum atomic E-state index is 6.02. The zero-order chi connectivity index (χ0) is 17.8. The molecule has 6 heteroatoms. The molecule has 25 heavy (non-hydrogen) atoms. The predicted octanol–water partition coefficient (Wildman–Crippen LogP) is 4.59. The molecule has 5 nitrogen and oxygen atoms in total. The van der Waals surface area contributed by atoms with Gasteiger partial charge in [-0.1, -0.05) is 29.8 Å². The molecule has 3 aromatic rings. The fourth-order valence-corrected chi connectivity index (χ4v) is 2.72. The molecule has 2 aromatic carbocycles. The van der Waals surface area contributed by atoms with E-state index in [1.165, 1.54) is 0 Å². The molecule has 0 N–H and O–H groups in total. The monoisotopic (exact) mass is 357 g/mol. The van der Waals surface area contributed by atoms with Gasteiger partial charge >= 0.3 is 0 Å². The van der Waals surface area contributed by atoms with Crippen molar-refractivity contribution in [2.75, 3.05) is 14.2 Å². The minimum Gasteiger partial charge on any atom is -0.497 e. The lowest BCUT2D eigenvalue weighted by Crippen LogP contribution is -2.22. The average Bonchev–Trinajstić information content (AvgIpc) is 3.11. The van der Waals surface area contributed by atoms with Crippen LogP contribution in [0.4, 0.5) is 0 Å². The quantitative estimate of drug-likeness (QED) is 0.645. The molecule has 0 amide bonds. The zero-order valence-corrected chi connectivity index (χ0v) is 15.2. The summed E-state index contributed by atoms with van der Waals surface area (Å²) in [5.74, 6) is 1.89. The molecule has 1 heterocycles. The predicted molar refractivity (Wildman–Crippen MR) is 97.6 cm³/mol. The second-order valence-electron chi connectivity index (χ2n) is 5.90. The fraction of sp³-hybridized carbons (Fsp3) is 0.263. The number of hydrogen-bond donors (Lipinski definition) is 0.